The maximum atomic E-state index is 14.7. The van der Waals surface area contributed by atoms with E-state index in [4.69, 9.17) is 21.1 Å². The number of rotatable bonds is 4. The number of nitrogens with one attached hydrogen (secondary N) is 2. The predicted octanol–water partition coefficient (Wildman–Crippen LogP) is 4.72. The zero-order valence-electron chi connectivity index (χ0n) is 15.6. The molecule has 0 amide bonds. The molecule has 2 heterocycles. The van der Waals surface area contributed by atoms with Gasteiger partial charge in [0.25, 0.3) is 0 Å². The number of aryl methyl sites for hydroxylation is 1. The van der Waals surface area contributed by atoms with Crippen molar-refractivity contribution in [2.75, 3.05) is 20.8 Å². The summed E-state index contributed by atoms with van der Waals surface area (Å²) in [7, 11) is 3.16. The lowest BCUT2D eigenvalue weighted by Gasteiger charge is -2.25. The molecule has 0 radical (unpaired) electrons. The van der Waals surface area contributed by atoms with Crippen LogP contribution in [0.1, 0.15) is 28.4 Å². The molecule has 1 aliphatic heterocycles. The number of aromatic nitrogens is 1. The Kier molecular flexibility index (Phi) is 4.74. The van der Waals surface area contributed by atoms with E-state index in [-0.39, 0.29) is 11.9 Å². The monoisotopic (exact) mass is 388 g/mol. The van der Waals surface area contributed by atoms with E-state index in [1.165, 1.54) is 0 Å². The molecule has 0 fully saturated rings. The van der Waals surface area contributed by atoms with Crippen molar-refractivity contribution in [2.45, 2.75) is 25.8 Å². The number of ether oxygens (including phenoxy) is 2. The van der Waals surface area contributed by atoms with Gasteiger partial charge >= 0.3 is 0 Å². The van der Waals surface area contributed by atoms with E-state index in [2.05, 4.69) is 10.3 Å². The van der Waals surface area contributed by atoms with Crippen molar-refractivity contribution in [2.24, 2.45) is 0 Å². The van der Waals surface area contributed by atoms with Crippen molar-refractivity contribution in [3.63, 3.8) is 0 Å². The molecule has 2 aromatic carbocycles. The Labute approximate surface area is 162 Å². The lowest BCUT2D eigenvalue weighted by Crippen LogP contribution is -2.31. The molecule has 0 aliphatic carbocycles. The third kappa shape index (κ3) is 2.95. The Hall–Kier alpha value is -2.24. The van der Waals surface area contributed by atoms with E-state index in [0.717, 1.165) is 40.7 Å². The fourth-order valence-corrected chi connectivity index (χ4v) is 4.26. The zero-order chi connectivity index (χ0) is 19.1. The van der Waals surface area contributed by atoms with E-state index in [1.807, 2.05) is 24.3 Å². The van der Waals surface area contributed by atoms with Crippen LogP contribution in [0.4, 0.5) is 4.39 Å². The highest BCUT2D eigenvalue weighted by Crippen LogP contribution is 2.40. The van der Waals surface area contributed by atoms with Crippen molar-refractivity contribution in [1.82, 2.24) is 10.3 Å². The molecule has 4 rings (SSSR count). The first-order valence-electron chi connectivity index (χ1n) is 8.97. The molecule has 27 heavy (non-hydrogen) atoms. The van der Waals surface area contributed by atoms with E-state index >= 15 is 0 Å². The highest BCUT2D eigenvalue weighted by atomic mass is 35.5. The van der Waals surface area contributed by atoms with Gasteiger partial charge in [-0.1, -0.05) is 23.7 Å². The number of hydrogen-bond donors (Lipinski definition) is 2. The fourth-order valence-electron chi connectivity index (χ4n) is 3.95. The van der Waals surface area contributed by atoms with Crippen LogP contribution in [-0.2, 0) is 12.8 Å². The summed E-state index contributed by atoms with van der Waals surface area (Å²) in [6, 6.07) is 7.60. The van der Waals surface area contributed by atoms with Crippen LogP contribution in [0.25, 0.3) is 10.9 Å². The average molecular weight is 389 g/mol. The van der Waals surface area contributed by atoms with Gasteiger partial charge < -0.3 is 19.8 Å². The number of benzene rings is 2. The Morgan fingerprint density at radius 1 is 1.19 bits per heavy atom. The fraction of sp³-hybridized carbons (Fsp3) is 0.333. The van der Waals surface area contributed by atoms with Crippen LogP contribution in [0.15, 0.2) is 24.3 Å². The molecular weight excluding hydrogens is 367 g/mol. The first-order valence-corrected chi connectivity index (χ1v) is 9.35. The number of hydrogen-bond acceptors (Lipinski definition) is 3. The van der Waals surface area contributed by atoms with E-state index in [1.54, 1.807) is 21.1 Å². The Bertz CT molecular complexity index is 1020. The van der Waals surface area contributed by atoms with Crippen molar-refractivity contribution >= 4 is 22.5 Å². The number of halogens is 2. The molecular formula is C21H22ClFN2O2. The normalized spacial score (nSPS) is 16.4. The maximum absolute atomic E-state index is 14.7. The molecule has 2 N–H and O–H groups in total. The summed E-state index contributed by atoms with van der Waals surface area (Å²) in [6.45, 7) is 2.60. The highest BCUT2D eigenvalue weighted by Gasteiger charge is 2.27. The second-order valence-electron chi connectivity index (χ2n) is 6.87. The van der Waals surface area contributed by atoms with Crippen LogP contribution in [-0.4, -0.2) is 25.7 Å². The number of fused-ring (bicyclic) bond motifs is 3. The minimum atomic E-state index is -0.130. The van der Waals surface area contributed by atoms with Gasteiger partial charge in [-0.3, -0.25) is 0 Å². The molecule has 0 spiro atoms. The van der Waals surface area contributed by atoms with Crippen LogP contribution in [0.3, 0.4) is 0 Å². The van der Waals surface area contributed by atoms with Gasteiger partial charge in [-0.15, -0.1) is 0 Å². The van der Waals surface area contributed by atoms with Crippen molar-refractivity contribution in [1.29, 1.82) is 0 Å². The van der Waals surface area contributed by atoms with Crippen LogP contribution in [0, 0.1) is 12.7 Å². The van der Waals surface area contributed by atoms with Crippen LogP contribution in [0.2, 0.25) is 5.02 Å². The van der Waals surface area contributed by atoms with E-state index in [9.17, 15) is 4.39 Å². The minimum absolute atomic E-state index is 0.0245. The predicted molar refractivity (Wildman–Crippen MR) is 106 cm³/mol. The summed E-state index contributed by atoms with van der Waals surface area (Å²) >= 11 is 6.56. The molecule has 1 unspecified atom stereocenters. The second-order valence-corrected chi connectivity index (χ2v) is 7.25. The second kappa shape index (κ2) is 7.06. The topological polar surface area (TPSA) is 46.3 Å². The smallest absolute Gasteiger partial charge is 0.179 e. The van der Waals surface area contributed by atoms with Gasteiger partial charge in [0, 0.05) is 16.6 Å². The standard InChI is InChI=1S/C21H22ClFN2O2/c1-11-4-6-14-17(19(11)23)13-8-9-24-15(20(13)25-14)10-12-5-7-16(26-2)21(27-3)18(12)22/h4-7,15,24-25H,8-10H2,1-3H3. The number of aromatic amines is 1. The van der Waals surface area contributed by atoms with Crippen LogP contribution >= 0.6 is 11.6 Å². The first kappa shape index (κ1) is 18.1. The van der Waals surface area contributed by atoms with Gasteiger partial charge in [0.15, 0.2) is 11.5 Å². The summed E-state index contributed by atoms with van der Waals surface area (Å²) in [4.78, 5) is 3.42. The van der Waals surface area contributed by atoms with Crippen molar-refractivity contribution < 1.29 is 13.9 Å². The van der Waals surface area contributed by atoms with E-state index < -0.39 is 0 Å². The van der Waals surface area contributed by atoms with Gasteiger partial charge in [0.05, 0.1) is 25.3 Å². The van der Waals surface area contributed by atoms with E-state index in [0.29, 0.717) is 28.5 Å². The largest absolute Gasteiger partial charge is 0.493 e. The highest BCUT2D eigenvalue weighted by molar-refractivity contribution is 6.33. The first-order chi connectivity index (χ1) is 13.0. The summed E-state index contributed by atoms with van der Waals surface area (Å²) in [5.74, 6) is 1.01. The molecule has 6 heteroatoms. The van der Waals surface area contributed by atoms with Gasteiger partial charge in [-0.25, -0.2) is 4.39 Å². The maximum Gasteiger partial charge on any atom is 0.179 e. The zero-order valence-corrected chi connectivity index (χ0v) is 16.3. The molecule has 3 aromatic rings. The SMILES string of the molecule is COc1ccc(CC2NCCc3c2[nH]c2ccc(C)c(F)c32)c(Cl)c1OC. The minimum Gasteiger partial charge on any atom is -0.493 e. The van der Waals surface area contributed by atoms with Gasteiger partial charge in [0.1, 0.15) is 5.82 Å². The third-order valence-corrected chi connectivity index (χ3v) is 5.75. The molecule has 1 aliphatic rings. The van der Waals surface area contributed by atoms with Crippen molar-refractivity contribution in [3.05, 3.63) is 57.5 Å². The third-order valence-electron chi connectivity index (χ3n) is 5.33. The Balaban J connectivity index is 1.75. The molecule has 0 saturated carbocycles. The lowest BCUT2D eigenvalue weighted by molar-refractivity contribution is 0.354. The summed E-state index contributed by atoms with van der Waals surface area (Å²) in [5.41, 5.74) is 4.56. The molecule has 1 atom stereocenters. The Morgan fingerprint density at radius 3 is 2.74 bits per heavy atom. The average Bonchev–Trinajstić information content (AvgIpc) is 3.06. The van der Waals surface area contributed by atoms with Gasteiger partial charge in [-0.05, 0) is 55.1 Å². The molecule has 1 aromatic heterocycles. The molecule has 142 valence electrons. The van der Waals surface area contributed by atoms with Crippen LogP contribution < -0.4 is 14.8 Å². The molecule has 0 bridgehead atoms. The Morgan fingerprint density at radius 2 is 2.00 bits per heavy atom. The summed E-state index contributed by atoms with van der Waals surface area (Å²) in [5, 5.41) is 4.79. The van der Waals surface area contributed by atoms with Crippen molar-refractivity contribution in [3.8, 4) is 11.5 Å². The number of methoxy groups -OCH3 is 2. The molecule has 0 saturated heterocycles. The summed E-state index contributed by atoms with van der Waals surface area (Å²) in [6.07, 6.45) is 1.46. The quantitative estimate of drug-likeness (QED) is 0.680. The van der Waals surface area contributed by atoms with Crippen LogP contribution in [0.5, 0.6) is 11.5 Å². The van der Waals surface area contributed by atoms with Gasteiger partial charge in [-0.2, -0.15) is 0 Å². The summed E-state index contributed by atoms with van der Waals surface area (Å²) < 4.78 is 25.4. The van der Waals surface area contributed by atoms with Gasteiger partial charge in [0.2, 0.25) is 0 Å². The lowest BCUT2D eigenvalue weighted by atomic mass is 9.94. The molecule has 4 nitrogen and oxygen atoms in total. The number of H-pyrrole nitrogens is 1.